The molecule has 9 heteroatoms. The van der Waals surface area contributed by atoms with Gasteiger partial charge in [0.25, 0.3) is 0 Å². The number of hydrogen-bond donors (Lipinski definition) is 3. The summed E-state index contributed by atoms with van der Waals surface area (Å²) in [5.74, 6) is -3.43. The monoisotopic (exact) mass is 517 g/mol. The highest BCUT2D eigenvalue weighted by molar-refractivity contribution is 5.98. The van der Waals surface area contributed by atoms with Crippen molar-refractivity contribution in [2.24, 2.45) is 7.05 Å². The SMILES string of the molecule is Cc1c(-c2c(F)cc(NC(=O)C(NC(=O)O)C(c3ccccc3)c3ccccc3)cc2F)ccc(=O)n1C. The normalized spacial score (nSPS) is 11.7. The molecule has 194 valence electrons. The number of carbonyl (C=O) groups is 2. The Morgan fingerprint density at radius 2 is 1.39 bits per heavy atom. The molecule has 0 saturated heterocycles. The second-order valence-electron chi connectivity index (χ2n) is 8.76. The highest BCUT2D eigenvalue weighted by Gasteiger charge is 2.33. The average Bonchev–Trinajstić information content (AvgIpc) is 2.89. The molecule has 38 heavy (non-hydrogen) atoms. The Morgan fingerprint density at radius 1 is 0.868 bits per heavy atom. The lowest BCUT2D eigenvalue weighted by Gasteiger charge is -2.27. The first-order valence-corrected chi connectivity index (χ1v) is 11.7. The minimum absolute atomic E-state index is 0.187. The lowest BCUT2D eigenvalue weighted by Crippen LogP contribution is -2.47. The Balaban J connectivity index is 1.72. The molecule has 2 amide bonds. The number of carboxylic acid groups (broad SMARTS) is 1. The average molecular weight is 518 g/mol. The summed E-state index contributed by atoms with van der Waals surface area (Å²) < 4.78 is 31.6. The molecule has 0 aliphatic heterocycles. The zero-order valence-corrected chi connectivity index (χ0v) is 20.6. The lowest BCUT2D eigenvalue weighted by atomic mass is 9.84. The van der Waals surface area contributed by atoms with Gasteiger partial charge in [0.1, 0.15) is 17.7 Å². The van der Waals surface area contributed by atoms with Crippen LogP contribution in [0, 0.1) is 18.6 Å². The number of carbonyl (C=O) groups excluding carboxylic acids is 1. The predicted molar refractivity (Wildman–Crippen MR) is 140 cm³/mol. The van der Waals surface area contributed by atoms with Crippen molar-refractivity contribution in [2.45, 2.75) is 18.9 Å². The highest BCUT2D eigenvalue weighted by atomic mass is 19.1. The van der Waals surface area contributed by atoms with Gasteiger partial charge in [-0.25, -0.2) is 13.6 Å². The van der Waals surface area contributed by atoms with Gasteiger partial charge >= 0.3 is 6.09 Å². The van der Waals surface area contributed by atoms with E-state index in [1.54, 1.807) is 67.6 Å². The van der Waals surface area contributed by atoms with E-state index in [1.165, 1.54) is 23.7 Å². The van der Waals surface area contributed by atoms with Crippen LogP contribution in [-0.4, -0.2) is 27.7 Å². The van der Waals surface area contributed by atoms with Gasteiger partial charge in [0.2, 0.25) is 11.5 Å². The van der Waals surface area contributed by atoms with Crippen LogP contribution in [0.1, 0.15) is 22.7 Å². The topological polar surface area (TPSA) is 100 Å². The van der Waals surface area contributed by atoms with Crippen molar-refractivity contribution in [2.75, 3.05) is 5.32 Å². The summed E-state index contributed by atoms with van der Waals surface area (Å²) in [6, 6.07) is 20.9. The van der Waals surface area contributed by atoms with E-state index in [0.29, 0.717) is 16.8 Å². The highest BCUT2D eigenvalue weighted by Crippen LogP contribution is 2.32. The standard InChI is InChI=1S/C29H25F2N3O4/c1-17-21(13-14-24(35)34(17)2)26-22(30)15-20(16-23(26)31)32-28(36)27(33-29(37)38)25(18-9-5-3-6-10-18)19-11-7-4-8-12-19/h3-16,25,27,33H,1-2H3,(H,32,36)(H,37,38). The van der Waals surface area contributed by atoms with E-state index in [2.05, 4.69) is 10.6 Å². The molecular weight excluding hydrogens is 492 g/mol. The first-order valence-electron chi connectivity index (χ1n) is 11.7. The molecule has 3 aromatic carbocycles. The van der Waals surface area contributed by atoms with Gasteiger partial charge in [-0.1, -0.05) is 60.7 Å². The fraction of sp³-hybridized carbons (Fsp3) is 0.138. The molecule has 7 nitrogen and oxygen atoms in total. The lowest BCUT2D eigenvalue weighted by molar-refractivity contribution is -0.118. The Hall–Kier alpha value is -4.79. The smallest absolute Gasteiger partial charge is 0.405 e. The molecule has 0 fully saturated rings. The van der Waals surface area contributed by atoms with Crippen molar-refractivity contribution in [1.29, 1.82) is 0 Å². The van der Waals surface area contributed by atoms with Crippen LogP contribution in [0.5, 0.6) is 0 Å². The quantitative estimate of drug-likeness (QED) is 0.320. The number of rotatable bonds is 7. The molecule has 1 heterocycles. The fourth-order valence-corrected chi connectivity index (χ4v) is 4.45. The van der Waals surface area contributed by atoms with E-state index in [0.717, 1.165) is 12.1 Å². The molecular formula is C29H25F2N3O4. The third-order valence-corrected chi connectivity index (χ3v) is 6.41. The van der Waals surface area contributed by atoms with Gasteiger partial charge in [-0.15, -0.1) is 0 Å². The molecule has 1 atom stereocenters. The third-order valence-electron chi connectivity index (χ3n) is 6.41. The Labute approximate surface area is 217 Å². The van der Waals surface area contributed by atoms with E-state index in [4.69, 9.17) is 0 Å². The molecule has 0 spiro atoms. The maximum Gasteiger partial charge on any atom is 0.405 e. The maximum atomic E-state index is 15.2. The fourth-order valence-electron chi connectivity index (χ4n) is 4.45. The largest absolute Gasteiger partial charge is 0.465 e. The van der Waals surface area contributed by atoms with E-state index in [1.807, 2.05) is 0 Å². The van der Waals surface area contributed by atoms with E-state index in [9.17, 15) is 19.5 Å². The molecule has 1 aromatic heterocycles. The summed E-state index contributed by atoms with van der Waals surface area (Å²) in [5, 5.41) is 14.3. The van der Waals surface area contributed by atoms with Gasteiger partial charge in [-0.05, 0) is 36.2 Å². The Morgan fingerprint density at radius 3 is 1.89 bits per heavy atom. The minimum Gasteiger partial charge on any atom is -0.465 e. The van der Waals surface area contributed by atoms with Crippen LogP contribution in [0.3, 0.4) is 0 Å². The number of pyridine rings is 1. The molecule has 0 aliphatic carbocycles. The van der Waals surface area contributed by atoms with Gasteiger partial charge < -0.3 is 20.3 Å². The van der Waals surface area contributed by atoms with Crippen LogP contribution in [0.2, 0.25) is 0 Å². The summed E-state index contributed by atoms with van der Waals surface area (Å²) >= 11 is 0. The molecule has 4 rings (SSSR count). The molecule has 0 saturated carbocycles. The van der Waals surface area contributed by atoms with Crippen LogP contribution in [-0.2, 0) is 11.8 Å². The van der Waals surface area contributed by atoms with Crippen LogP contribution in [0.4, 0.5) is 19.3 Å². The molecule has 4 aromatic rings. The first-order chi connectivity index (χ1) is 18.2. The van der Waals surface area contributed by atoms with Crippen LogP contribution in [0.25, 0.3) is 11.1 Å². The van der Waals surface area contributed by atoms with Crippen LogP contribution >= 0.6 is 0 Å². The molecule has 3 N–H and O–H groups in total. The maximum absolute atomic E-state index is 15.2. The Kier molecular flexibility index (Phi) is 7.66. The van der Waals surface area contributed by atoms with Crippen molar-refractivity contribution in [3.8, 4) is 11.1 Å². The van der Waals surface area contributed by atoms with Crippen molar-refractivity contribution in [3.05, 3.63) is 124 Å². The van der Waals surface area contributed by atoms with Crippen molar-refractivity contribution in [1.82, 2.24) is 9.88 Å². The molecule has 0 bridgehead atoms. The molecule has 1 unspecified atom stereocenters. The number of hydrogen-bond acceptors (Lipinski definition) is 3. The number of aromatic nitrogens is 1. The number of nitrogens with zero attached hydrogens (tertiary/aromatic N) is 1. The van der Waals surface area contributed by atoms with Gasteiger partial charge in [-0.3, -0.25) is 9.59 Å². The van der Waals surface area contributed by atoms with Crippen molar-refractivity contribution in [3.63, 3.8) is 0 Å². The van der Waals surface area contributed by atoms with Crippen molar-refractivity contribution >= 4 is 17.7 Å². The predicted octanol–water partition coefficient (Wildman–Crippen LogP) is 5.05. The van der Waals surface area contributed by atoms with Crippen molar-refractivity contribution < 1.29 is 23.5 Å². The van der Waals surface area contributed by atoms with E-state index >= 15 is 8.78 Å². The number of nitrogens with one attached hydrogen (secondary N) is 2. The second kappa shape index (κ2) is 11.1. The summed E-state index contributed by atoms with van der Waals surface area (Å²) in [7, 11) is 1.50. The third kappa shape index (κ3) is 5.46. The summed E-state index contributed by atoms with van der Waals surface area (Å²) in [5.41, 5.74) is 1.05. The van der Waals surface area contributed by atoms with Gasteiger partial charge in [0, 0.05) is 36.0 Å². The number of halogens is 2. The van der Waals surface area contributed by atoms with Crippen LogP contribution in [0.15, 0.2) is 89.7 Å². The number of anilines is 1. The zero-order valence-electron chi connectivity index (χ0n) is 20.6. The van der Waals surface area contributed by atoms with E-state index in [-0.39, 0.29) is 22.4 Å². The number of benzene rings is 3. The van der Waals surface area contributed by atoms with Gasteiger partial charge in [0.15, 0.2) is 0 Å². The molecule has 0 aliphatic rings. The van der Waals surface area contributed by atoms with Gasteiger partial charge in [-0.2, -0.15) is 0 Å². The summed E-state index contributed by atoms with van der Waals surface area (Å²) in [6.45, 7) is 1.57. The minimum atomic E-state index is -1.43. The van der Waals surface area contributed by atoms with E-state index < -0.39 is 35.6 Å². The van der Waals surface area contributed by atoms with Crippen LogP contribution < -0.4 is 16.2 Å². The second-order valence-corrected chi connectivity index (χ2v) is 8.76. The zero-order chi connectivity index (χ0) is 27.4. The Bertz CT molecular complexity index is 1480. The molecule has 0 radical (unpaired) electrons. The summed E-state index contributed by atoms with van der Waals surface area (Å²) in [6.07, 6.45) is -1.43. The summed E-state index contributed by atoms with van der Waals surface area (Å²) in [4.78, 5) is 37.0. The van der Waals surface area contributed by atoms with Gasteiger partial charge in [0.05, 0.1) is 5.56 Å². The number of amides is 2. The first kappa shape index (κ1) is 26.3.